The lowest BCUT2D eigenvalue weighted by Gasteiger charge is -2.32. The topological polar surface area (TPSA) is 141 Å². The Morgan fingerprint density at radius 3 is 2.83 bits per heavy atom. The third kappa shape index (κ3) is 5.00. The van der Waals surface area contributed by atoms with E-state index in [2.05, 4.69) is 14.9 Å². The predicted molar refractivity (Wildman–Crippen MR) is 150 cm³/mol. The van der Waals surface area contributed by atoms with Crippen LogP contribution in [0.2, 0.25) is 0 Å². The molecule has 0 aliphatic carbocycles. The monoisotopic (exact) mass is 565 g/mol. The number of aromatic nitrogens is 4. The van der Waals surface area contributed by atoms with Gasteiger partial charge in [0.15, 0.2) is 12.4 Å². The Balaban J connectivity index is 1.21. The van der Waals surface area contributed by atoms with Gasteiger partial charge in [0.25, 0.3) is 5.91 Å². The van der Waals surface area contributed by atoms with Crippen molar-refractivity contribution in [3.05, 3.63) is 48.4 Å². The van der Waals surface area contributed by atoms with Crippen molar-refractivity contribution >= 4 is 39.5 Å². The van der Waals surface area contributed by atoms with Crippen molar-refractivity contribution in [2.75, 3.05) is 57.6 Å². The standard InChI is InChI=1S/C28H32FN7O5/c1-34(10-11-39-2)27(38)18-13-36(26-22(18)25(30)31-15-32-26)28-23(29)24(37)20(41-28)14-40-17-6-4-16-5-7-21(33-19(16)12-17)35-8-3-9-35/h4-7,12-13,15,20,23-24,28,37H,3,8-11,14H2,1-2H3,(H2,30,31,32)/t20-,23+,24-,28-/m1/s1. The van der Waals surface area contributed by atoms with E-state index < -0.39 is 24.6 Å². The average molecular weight is 566 g/mol. The molecule has 216 valence electrons. The molecule has 12 nitrogen and oxygen atoms in total. The van der Waals surface area contributed by atoms with Crippen LogP contribution >= 0.6 is 0 Å². The lowest BCUT2D eigenvalue weighted by Crippen LogP contribution is -2.37. The average Bonchev–Trinajstić information content (AvgIpc) is 3.47. The van der Waals surface area contributed by atoms with Crippen molar-refractivity contribution in [3.63, 3.8) is 0 Å². The van der Waals surface area contributed by atoms with Gasteiger partial charge in [-0.2, -0.15) is 0 Å². The molecule has 6 rings (SSSR count). The highest BCUT2D eigenvalue weighted by atomic mass is 19.1. The molecule has 1 amide bonds. The summed E-state index contributed by atoms with van der Waals surface area (Å²) in [6.45, 7) is 2.56. The first kappa shape index (κ1) is 27.1. The number of anilines is 2. The van der Waals surface area contributed by atoms with Gasteiger partial charge in [0, 0.05) is 51.4 Å². The number of alkyl halides is 1. The molecule has 3 N–H and O–H groups in total. The van der Waals surface area contributed by atoms with Gasteiger partial charge in [0.2, 0.25) is 0 Å². The van der Waals surface area contributed by atoms with Crippen LogP contribution in [-0.4, -0.2) is 101 Å². The number of rotatable bonds is 9. The molecule has 41 heavy (non-hydrogen) atoms. The predicted octanol–water partition coefficient (Wildman–Crippen LogP) is 2.17. The van der Waals surface area contributed by atoms with Gasteiger partial charge < -0.3 is 39.4 Å². The number of ether oxygens (including phenoxy) is 3. The Morgan fingerprint density at radius 2 is 2.07 bits per heavy atom. The van der Waals surface area contributed by atoms with Crippen LogP contribution in [0.25, 0.3) is 21.9 Å². The Hall–Kier alpha value is -4.07. The van der Waals surface area contributed by atoms with E-state index in [0.717, 1.165) is 36.2 Å². The molecule has 4 aromatic rings. The molecule has 0 bridgehead atoms. The maximum absolute atomic E-state index is 15.5. The fourth-order valence-electron chi connectivity index (χ4n) is 5.14. The summed E-state index contributed by atoms with van der Waals surface area (Å²) in [6, 6.07) is 9.56. The van der Waals surface area contributed by atoms with Gasteiger partial charge in [-0.1, -0.05) is 0 Å². The Morgan fingerprint density at radius 1 is 1.27 bits per heavy atom. The minimum Gasteiger partial charge on any atom is -0.491 e. The molecule has 0 radical (unpaired) electrons. The van der Waals surface area contributed by atoms with E-state index >= 15 is 4.39 Å². The zero-order chi connectivity index (χ0) is 28.7. The molecule has 2 aliphatic heterocycles. The highest BCUT2D eigenvalue weighted by molar-refractivity contribution is 6.09. The van der Waals surface area contributed by atoms with Crippen LogP contribution in [0.5, 0.6) is 5.75 Å². The van der Waals surface area contributed by atoms with Gasteiger partial charge in [-0.3, -0.25) is 4.79 Å². The van der Waals surface area contributed by atoms with Crippen molar-refractivity contribution in [1.82, 2.24) is 24.4 Å². The van der Waals surface area contributed by atoms with Gasteiger partial charge in [0.05, 0.1) is 23.1 Å². The molecule has 0 saturated carbocycles. The second kappa shape index (κ2) is 11.1. The zero-order valence-electron chi connectivity index (χ0n) is 22.8. The third-order valence-corrected chi connectivity index (χ3v) is 7.66. The number of amides is 1. The molecule has 0 spiro atoms. The number of aliphatic hydroxyl groups excluding tert-OH is 1. The van der Waals surface area contributed by atoms with Crippen molar-refractivity contribution in [2.45, 2.75) is 31.0 Å². The molecular formula is C28H32FN7O5. The number of carbonyl (C=O) groups excluding carboxylic acids is 1. The van der Waals surface area contributed by atoms with E-state index in [0.29, 0.717) is 18.9 Å². The Bertz CT molecular complexity index is 1580. The number of hydrogen-bond acceptors (Lipinski definition) is 10. The maximum atomic E-state index is 15.5. The number of nitrogens with zero attached hydrogens (tertiary/aromatic N) is 6. The lowest BCUT2D eigenvalue weighted by molar-refractivity contribution is -0.0411. The number of fused-ring (bicyclic) bond motifs is 2. The summed E-state index contributed by atoms with van der Waals surface area (Å²) in [5, 5.41) is 12.0. The van der Waals surface area contributed by atoms with E-state index in [1.807, 2.05) is 24.3 Å². The van der Waals surface area contributed by atoms with Gasteiger partial charge in [-0.25, -0.2) is 19.3 Å². The number of nitrogens with two attached hydrogens (primary N) is 1. The summed E-state index contributed by atoms with van der Waals surface area (Å²) in [7, 11) is 3.17. The highest BCUT2D eigenvalue weighted by Crippen LogP contribution is 2.37. The van der Waals surface area contributed by atoms with Crippen molar-refractivity contribution in [2.24, 2.45) is 0 Å². The molecule has 3 aromatic heterocycles. The number of methoxy groups -OCH3 is 1. The Labute approximate surface area is 235 Å². The number of pyridine rings is 1. The molecule has 2 fully saturated rings. The van der Waals surface area contributed by atoms with Crippen LogP contribution in [0.3, 0.4) is 0 Å². The molecule has 5 heterocycles. The van der Waals surface area contributed by atoms with Crippen molar-refractivity contribution in [3.8, 4) is 5.75 Å². The summed E-state index contributed by atoms with van der Waals surface area (Å²) in [6.07, 6.45) is -1.70. The van der Waals surface area contributed by atoms with Crippen LogP contribution in [-0.2, 0) is 9.47 Å². The summed E-state index contributed by atoms with van der Waals surface area (Å²) >= 11 is 0. The minimum absolute atomic E-state index is 0.0771. The smallest absolute Gasteiger partial charge is 0.256 e. The normalized spacial score (nSPS) is 22.3. The number of hydrogen-bond donors (Lipinski definition) is 2. The highest BCUT2D eigenvalue weighted by Gasteiger charge is 2.46. The van der Waals surface area contributed by atoms with E-state index in [9.17, 15) is 9.90 Å². The summed E-state index contributed by atoms with van der Waals surface area (Å²) in [4.78, 5) is 29.9. The second-order valence-corrected chi connectivity index (χ2v) is 10.3. The fourth-order valence-corrected chi connectivity index (χ4v) is 5.14. The second-order valence-electron chi connectivity index (χ2n) is 10.3. The van der Waals surface area contributed by atoms with Gasteiger partial charge >= 0.3 is 0 Å². The first-order valence-corrected chi connectivity index (χ1v) is 13.5. The summed E-state index contributed by atoms with van der Waals surface area (Å²) in [5.41, 5.74) is 7.32. The number of nitrogen functional groups attached to an aromatic ring is 1. The largest absolute Gasteiger partial charge is 0.491 e. The van der Waals surface area contributed by atoms with Crippen LogP contribution in [0, 0.1) is 0 Å². The zero-order valence-corrected chi connectivity index (χ0v) is 22.8. The van der Waals surface area contributed by atoms with Crippen LogP contribution in [0.4, 0.5) is 16.0 Å². The van der Waals surface area contributed by atoms with Gasteiger partial charge in [0.1, 0.15) is 48.2 Å². The molecule has 13 heteroatoms. The van der Waals surface area contributed by atoms with Crippen LogP contribution in [0.15, 0.2) is 42.9 Å². The summed E-state index contributed by atoms with van der Waals surface area (Å²) in [5.74, 6) is 1.17. The molecule has 1 aromatic carbocycles. The minimum atomic E-state index is -1.82. The molecular weight excluding hydrogens is 533 g/mol. The SMILES string of the molecule is COCCN(C)C(=O)c1cn([C@@H]2O[C@H](COc3ccc4ccc(N5CCC5)nc4c3)[C@@H](O)[C@@H]2F)c2ncnc(N)c12. The summed E-state index contributed by atoms with van der Waals surface area (Å²) < 4.78 is 33.9. The third-order valence-electron chi connectivity index (χ3n) is 7.66. The van der Waals surface area contributed by atoms with Gasteiger partial charge in [-0.15, -0.1) is 0 Å². The maximum Gasteiger partial charge on any atom is 0.256 e. The van der Waals surface area contributed by atoms with E-state index in [1.54, 1.807) is 20.2 Å². The van der Waals surface area contributed by atoms with Crippen molar-refractivity contribution in [1.29, 1.82) is 0 Å². The van der Waals surface area contributed by atoms with E-state index in [-0.39, 0.29) is 34.9 Å². The number of likely N-dealkylation sites (N-methyl/N-ethyl adjacent to an activating group) is 1. The number of carbonyl (C=O) groups is 1. The number of benzene rings is 1. The van der Waals surface area contributed by atoms with Gasteiger partial charge in [-0.05, 0) is 30.7 Å². The molecule has 2 aliphatic rings. The van der Waals surface area contributed by atoms with E-state index in [1.165, 1.54) is 22.0 Å². The van der Waals surface area contributed by atoms with E-state index in [4.69, 9.17) is 24.9 Å². The Kier molecular flexibility index (Phi) is 7.32. The molecule has 2 saturated heterocycles. The molecule has 0 unspecified atom stereocenters. The lowest BCUT2D eigenvalue weighted by atomic mass is 10.1. The first-order valence-electron chi connectivity index (χ1n) is 13.5. The van der Waals surface area contributed by atoms with Crippen molar-refractivity contribution < 1.29 is 28.5 Å². The van der Waals surface area contributed by atoms with Crippen LogP contribution < -0.4 is 15.4 Å². The number of aliphatic hydroxyl groups is 1. The number of halogens is 1. The molecule has 4 atom stereocenters. The first-order chi connectivity index (χ1) is 19.9. The quantitative estimate of drug-likeness (QED) is 0.310. The van der Waals surface area contributed by atoms with Crippen LogP contribution in [0.1, 0.15) is 23.0 Å². The fraction of sp³-hybridized carbons (Fsp3) is 0.429.